The van der Waals surface area contributed by atoms with Crippen molar-refractivity contribution in [1.82, 2.24) is 4.90 Å². The second-order valence-corrected chi connectivity index (χ2v) is 6.69. The first-order valence-electron chi connectivity index (χ1n) is 5.61. The Labute approximate surface area is 106 Å². The molecule has 0 unspecified atom stereocenters. The van der Waals surface area contributed by atoms with E-state index in [1.54, 1.807) is 6.07 Å². The molecule has 96 valence electrons. The van der Waals surface area contributed by atoms with Gasteiger partial charge in [0.25, 0.3) is 0 Å². The number of nitrogens with zero attached hydrogens (tertiary/aromatic N) is 2. The van der Waals surface area contributed by atoms with Gasteiger partial charge in [-0.2, -0.15) is 5.26 Å². The van der Waals surface area contributed by atoms with Crippen LogP contribution in [-0.2, 0) is 16.4 Å². The first-order chi connectivity index (χ1) is 8.48. The van der Waals surface area contributed by atoms with Crippen molar-refractivity contribution in [2.24, 2.45) is 0 Å². The van der Waals surface area contributed by atoms with Crippen LogP contribution < -0.4 is 0 Å². The second kappa shape index (κ2) is 5.04. The predicted octanol–water partition coefficient (Wildman–Crippen LogP) is 0.928. The van der Waals surface area contributed by atoms with E-state index in [0.717, 1.165) is 0 Å². The van der Waals surface area contributed by atoms with Gasteiger partial charge in [0.15, 0.2) is 9.84 Å². The molecular weight excluding hydrogens is 255 g/mol. The molecule has 1 aromatic carbocycles. The van der Waals surface area contributed by atoms with E-state index in [-0.39, 0.29) is 17.1 Å². The third-order valence-corrected chi connectivity index (χ3v) is 4.54. The van der Waals surface area contributed by atoms with E-state index in [4.69, 9.17) is 5.26 Å². The average Bonchev–Trinajstić information content (AvgIpc) is 2.31. The van der Waals surface area contributed by atoms with E-state index in [9.17, 15) is 12.8 Å². The summed E-state index contributed by atoms with van der Waals surface area (Å²) in [5.74, 6) is -0.144. The Hall–Kier alpha value is -1.45. The van der Waals surface area contributed by atoms with Gasteiger partial charge in [-0.15, -0.1) is 0 Å². The van der Waals surface area contributed by atoms with Crippen molar-refractivity contribution in [1.29, 1.82) is 5.26 Å². The van der Waals surface area contributed by atoms with Gasteiger partial charge in [-0.1, -0.05) is 0 Å². The van der Waals surface area contributed by atoms with E-state index >= 15 is 0 Å². The summed E-state index contributed by atoms with van der Waals surface area (Å²) in [4.78, 5) is 1.96. The standard InChI is InChI=1S/C12H13FN2O2S/c13-12-6-10(8-14)5-11(7-12)9-15-1-3-18(16,17)4-2-15/h5-7H,1-4,9H2. The molecule has 6 heteroatoms. The molecule has 18 heavy (non-hydrogen) atoms. The Morgan fingerprint density at radius 3 is 2.56 bits per heavy atom. The maximum Gasteiger partial charge on any atom is 0.152 e. The highest BCUT2D eigenvalue weighted by Crippen LogP contribution is 2.13. The maximum atomic E-state index is 13.2. The highest BCUT2D eigenvalue weighted by molar-refractivity contribution is 7.91. The predicted molar refractivity (Wildman–Crippen MR) is 65.0 cm³/mol. The summed E-state index contributed by atoms with van der Waals surface area (Å²) in [5, 5.41) is 8.75. The number of benzene rings is 1. The first-order valence-corrected chi connectivity index (χ1v) is 7.43. The van der Waals surface area contributed by atoms with E-state index < -0.39 is 15.7 Å². The fourth-order valence-electron chi connectivity index (χ4n) is 1.97. The zero-order chi connectivity index (χ0) is 13.2. The molecule has 0 spiro atoms. The Bertz CT molecular complexity index is 579. The monoisotopic (exact) mass is 268 g/mol. The van der Waals surface area contributed by atoms with Crippen LogP contribution in [0.4, 0.5) is 4.39 Å². The maximum absolute atomic E-state index is 13.2. The van der Waals surface area contributed by atoms with Gasteiger partial charge < -0.3 is 0 Å². The summed E-state index contributed by atoms with van der Waals surface area (Å²) in [7, 11) is -2.90. The third kappa shape index (κ3) is 3.28. The molecule has 0 radical (unpaired) electrons. The minimum Gasteiger partial charge on any atom is -0.297 e. The molecular formula is C12H13FN2O2S. The summed E-state index contributed by atoms with van der Waals surface area (Å²) in [6, 6.07) is 6.10. The molecule has 0 aliphatic carbocycles. The van der Waals surface area contributed by atoms with Crippen LogP contribution in [0.3, 0.4) is 0 Å². The summed E-state index contributed by atoms with van der Waals surface area (Å²) < 4.78 is 35.8. The largest absolute Gasteiger partial charge is 0.297 e. The van der Waals surface area contributed by atoms with E-state index in [0.29, 0.717) is 25.2 Å². The fourth-order valence-corrected chi connectivity index (χ4v) is 3.25. The zero-order valence-corrected chi connectivity index (χ0v) is 10.6. The second-order valence-electron chi connectivity index (χ2n) is 4.39. The molecule has 2 rings (SSSR count). The van der Waals surface area contributed by atoms with Gasteiger partial charge in [0.2, 0.25) is 0 Å². The SMILES string of the molecule is N#Cc1cc(F)cc(CN2CCS(=O)(=O)CC2)c1. The smallest absolute Gasteiger partial charge is 0.152 e. The van der Waals surface area contributed by atoms with Crippen molar-refractivity contribution >= 4 is 9.84 Å². The minimum atomic E-state index is -2.90. The van der Waals surface area contributed by atoms with E-state index in [1.807, 2.05) is 11.0 Å². The number of halogens is 1. The van der Waals surface area contributed by atoms with Crippen molar-refractivity contribution in [3.63, 3.8) is 0 Å². The normalized spacial score (nSPS) is 19.3. The van der Waals surface area contributed by atoms with Crippen LogP contribution in [-0.4, -0.2) is 37.9 Å². The Balaban J connectivity index is 2.07. The number of nitriles is 1. The van der Waals surface area contributed by atoms with Crippen molar-refractivity contribution in [3.05, 3.63) is 35.1 Å². The van der Waals surface area contributed by atoms with E-state index in [1.165, 1.54) is 12.1 Å². The molecule has 0 saturated carbocycles. The zero-order valence-electron chi connectivity index (χ0n) is 9.76. The number of sulfone groups is 1. The Morgan fingerprint density at radius 1 is 1.28 bits per heavy atom. The molecule has 1 aliphatic heterocycles. The van der Waals surface area contributed by atoms with Crippen molar-refractivity contribution in [3.8, 4) is 6.07 Å². The van der Waals surface area contributed by atoms with Gasteiger partial charge in [0.05, 0.1) is 23.1 Å². The highest BCUT2D eigenvalue weighted by atomic mass is 32.2. The highest BCUT2D eigenvalue weighted by Gasteiger charge is 2.21. The average molecular weight is 268 g/mol. The van der Waals surface area contributed by atoms with Crippen LogP contribution in [0.2, 0.25) is 0 Å². The van der Waals surface area contributed by atoms with Crippen molar-refractivity contribution in [2.75, 3.05) is 24.6 Å². The molecule has 0 atom stereocenters. The van der Waals surface area contributed by atoms with Gasteiger partial charge in [0.1, 0.15) is 5.82 Å². The summed E-state index contributed by atoms with van der Waals surface area (Å²) >= 11 is 0. The lowest BCUT2D eigenvalue weighted by Crippen LogP contribution is -2.39. The summed E-state index contributed by atoms with van der Waals surface area (Å²) in [5.41, 5.74) is 0.987. The summed E-state index contributed by atoms with van der Waals surface area (Å²) in [6.45, 7) is 1.39. The Morgan fingerprint density at radius 2 is 1.94 bits per heavy atom. The van der Waals surface area contributed by atoms with Crippen LogP contribution in [0.25, 0.3) is 0 Å². The van der Waals surface area contributed by atoms with Crippen molar-refractivity contribution < 1.29 is 12.8 Å². The lowest BCUT2D eigenvalue weighted by molar-refractivity contribution is 0.287. The molecule has 1 aromatic rings. The molecule has 1 saturated heterocycles. The minimum absolute atomic E-state index is 0.146. The Kier molecular flexibility index (Phi) is 3.64. The van der Waals surface area contributed by atoms with E-state index in [2.05, 4.69) is 0 Å². The van der Waals surface area contributed by atoms with Gasteiger partial charge in [0, 0.05) is 19.6 Å². The molecule has 0 amide bonds. The van der Waals surface area contributed by atoms with Gasteiger partial charge in [-0.25, -0.2) is 12.8 Å². The molecule has 1 fully saturated rings. The quantitative estimate of drug-likeness (QED) is 0.800. The molecule has 0 N–H and O–H groups in total. The number of hydrogen-bond acceptors (Lipinski definition) is 4. The fraction of sp³-hybridized carbons (Fsp3) is 0.417. The topological polar surface area (TPSA) is 61.2 Å². The van der Waals surface area contributed by atoms with Crippen LogP contribution >= 0.6 is 0 Å². The van der Waals surface area contributed by atoms with Crippen molar-refractivity contribution in [2.45, 2.75) is 6.54 Å². The van der Waals surface area contributed by atoms with Crippen LogP contribution in [0.5, 0.6) is 0 Å². The lowest BCUT2D eigenvalue weighted by Gasteiger charge is -2.26. The third-order valence-electron chi connectivity index (χ3n) is 2.93. The first kappa shape index (κ1) is 13.0. The van der Waals surface area contributed by atoms with Crippen LogP contribution in [0.1, 0.15) is 11.1 Å². The molecule has 1 aliphatic rings. The lowest BCUT2D eigenvalue weighted by atomic mass is 10.1. The molecule has 4 nitrogen and oxygen atoms in total. The molecule has 1 heterocycles. The number of hydrogen-bond donors (Lipinski definition) is 0. The van der Waals surface area contributed by atoms with Gasteiger partial charge >= 0.3 is 0 Å². The van der Waals surface area contributed by atoms with Gasteiger partial charge in [-0.05, 0) is 23.8 Å². The molecule has 0 bridgehead atoms. The van der Waals surface area contributed by atoms with Gasteiger partial charge in [-0.3, -0.25) is 4.90 Å². The summed E-state index contributed by atoms with van der Waals surface area (Å²) in [6.07, 6.45) is 0. The van der Waals surface area contributed by atoms with Crippen LogP contribution in [0, 0.1) is 17.1 Å². The molecule has 0 aromatic heterocycles. The number of rotatable bonds is 2. The van der Waals surface area contributed by atoms with Crippen LogP contribution in [0.15, 0.2) is 18.2 Å².